The van der Waals surface area contributed by atoms with Gasteiger partial charge in [0.05, 0.1) is 11.1 Å². The van der Waals surface area contributed by atoms with Crippen molar-refractivity contribution in [3.05, 3.63) is 69.2 Å². The number of hydrogen-bond donors (Lipinski definition) is 2. The van der Waals surface area contributed by atoms with Crippen LogP contribution in [0.1, 0.15) is 5.56 Å². The molecule has 2 N–H and O–H groups in total. The number of nitro benzene ring substituents is 1. The lowest BCUT2D eigenvalue weighted by molar-refractivity contribution is -0.385. The molecule has 0 spiro atoms. The Bertz CT molecular complexity index is 1200. The first-order chi connectivity index (χ1) is 14.4. The first-order valence-electron chi connectivity index (χ1n) is 8.74. The summed E-state index contributed by atoms with van der Waals surface area (Å²) < 4.78 is 11.4. The molecular weight excluding hydrogens is 414 g/mol. The van der Waals surface area contributed by atoms with Crippen molar-refractivity contribution in [3.8, 4) is 17.2 Å². The van der Waals surface area contributed by atoms with Gasteiger partial charge in [0, 0.05) is 16.7 Å². The molecule has 9 nitrogen and oxygen atoms in total. The van der Waals surface area contributed by atoms with Crippen LogP contribution < -0.4 is 14.9 Å². The lowest BCUT2D eigenvalue weighted by atomic mass is 10.1. The number of hydrazone groups is 1. The molecule has 0 saturated heterocycles. The van der Waals surface area contributed by atoms with Crippen LogP contribution in [-0.4, -0.2) is 34.9 Å². The van der Waals surface area contributed by atoms with Gasteiger partial charge in [0.1, 0.15) is 6.61 Å². The summed E-state index contributed by atoms with van der Waals surface area (Å²) in [5, 5.41) is 26.6. The van der Waals surface area contributed by atoms with E-state index in [0.29, 0.717) is 11.5 Å². The Morgan fingerprint density at radius 1 is 1.23 bits per heavy atom. The zero-order chi connectivity index (χ0) is 21.3. The Morgan fingerprint density at radius 2 is 1.93 bits per heavy atom. The summed E-state index contributed by atoms with van der Waals surface area (Å²) in [6.45, 7) is -0.0133. The largest absolute Gasteiger partial charge is 0.502 e. The SMILES string of the molecule is O=C(NN=Cc1cc(Cl)cc([N+](=O)[O-])c1O)[C@H]1COc2cc3ccccc3cc2O1. The summed E-state index contributed by atoms with van der Waals surface area (Å²) in [4.78, 5) is 22.5. The van der Waals surface area contributed by atoms with Gasteiger partial charge in [0.25, 0.3) is 5.91 Å². The van der Waals surface area contributed by atoms with Gasteiger partial charge in [-0.1, -0.05) is 35.9 Å². The third-order valence-corrected chi connectivity index (χ3v) is 4.64. The molecule has 3 aromatic carbocycles. The molecule has 0 aliphatic carbocycles. The minimum Gasteiger partial charge on any atom is -0.502 e. The molecule has 1 heterocycles. The molecule has 0 saturated carbocycles. The number of ether oxygens (including phenoxy) is 2. The summed E-state index contributed by atoms with van der Waals surface area (Å²) in [5.74, 6) is -0.217. The van der Waals surface area contributed by atoms with E-state index in [1.807, 2.05) is 30.3 Å². The third kappa shape index (κ3) is 3.83. The van der Waals surface area contributed by atoms with Crippen molar-refractivity contribution >= 4 is 40.2 Å². The van der Waals surface area contributed by atoms with E-state index in [-0.39, 0.29) is 17.2 Å². The lowest BCUT2D eigenvalue weighted by Gasteiger charge is -2.25. The molecule has 0 bridgehead atoms. The van der Waals surface area contributed by atoms with E-state index >= 15 is 0 Å². The Kier molecular flexibility index (Phi) is 5.11. The highest BCUT2D eigenvalue weighted by molar-refractivity contribution is 6.31. The quantitative estimate of drug-likeness (QED) is 0.373. The van der Waals surface area contributed by atoms with Gasteiger partial charge in [-0.2, -0.15) is 5.10 Å². The number of carbonyl (C=O) groups excluding carboxylic acids is 1. The average molecular weight is 428 g/mol. The van der Waals surface area contributed by atoms with Gasteiger partial charge in [-0.15, -0.1) is 0 Å². The Hall–Kier alpha value is -3.85. The molecule has 30 heavy (non-hydrogen) atoms. The number of phenolic OH excluding ortho intramolecular Hbond substituents is 1. The standard InChI is InChI=1S/C20H14ClN3O6/c21-14-5-13(19(25)15(8-14)24(27)28)9-22-23-20(26)18-10-29-16-6-11-3-1-2-4-12(11)7-17(16)30-18/h1-9,18,25H,10H2,(H,23,26)/t18-/m1/s1. The van der Waals surface area contributed by atoms with Crippen LogP contribution in [0.4, 0.5) is 5.69 Å². The summed E-state index contributed by atoms with van der Waals surface area (Å²) >= 11 is 5.82. The van der Waals surface area contributed by atoms with E-state index in [0.717, 1.165) is 23.1 Å². The normalized spacial score (nSPS) is 15.3. The molecule has 4 rings (SSSR count). The molecular formula is C20H14ClN3O6. The first-order valence-corrected chi connectivity index (χ1v) is 9.12. The van der Waals surface area contributed by atoms with Crippen molar-refractivity contribution < 1.29 is 24.3 Å². The number of fused-ring (bicyclic) bond motifs is 2. The van der Waals surface area contributed by atoms with Gasteiger partial charge < -0.3 is 14.6 Å². The lowest BCUT2D eigenvalue weighted by Crippen LogP contribution is -2.42. The van der Waals surface area contributed by atoms with Gasteiger partial charge in [-0.05, 0) is 29.0 Å². The summed E-state index contributed by atoms with van der Waals surface area (Å²) in [6.07, 6.45) is 0.107. The molecule has 1 amide bonds. The van der Waals surface area contributed by atoms with Gasteiger partial charge in [-0.25, -0.2) is 5.43 Å². The van der Waals surface area contributed by atoms with Crippen LogP contribution in [0.25, 0.3) is 10.8 Å². The number of nitro groups is 1. The fraction of sp³-hybridized carbons (Fsp3) is 0.100. The predicted molar refractivity (Wildman–Crippen MR) is 109 cm³/mol. The third-order valence-electron chi connectivity index (χ3n) is 4.42. The van der Waals surface area contributed by atoms with Crippen LogP contribution in [0.5, 0.6) is 17.2 Å². The van der Waals surface area contributed by atoms with Crippen LogP contribution in [0.3, 0.4) is 0 Å². The number of aromatic hydroxyl groups is 1. The molecule has 1 atom stereocenters. The van der Waals surface area contributed by atoms with E-state index in [1.54, 1.807) is 6.07 Å². The fourth-order valence-electron chi connectivity index (χ4n) is 2.97. The minimum atomic E-state index is -0.946. The number of amides is 1. The molecule has 3 aromatic rings. The van der Waals surface area contributed by atoms with Crippen molar-refractivity contribution in [3.63, 3.8) is 0 Å². The predicted octanol–water partition coefficient (Wildman–Crippen LogP) is 3.40. The van der Waals surface area contributed by atoms with Gasteiger partial charge in [0.2, 0.25) is 11.9 Å². The van der Waals surface area contributed by atoms with E-state index < -0.39 is 28.4 Å². The number of hydrogen-bond acceptors (Lipinski definition) is 7. The minimum absolute atomic E-state index is 0.0133. The number of carbonyl (C=O) groups is 1. The van der Waals surface area contributed by atoms with Crippen molar-refractivity contribution in [1.82, 2.24) is 5.43 Å². The van der Waals surface area contributed by atoms with E-state index in [9.17, 15) is 20.0 Å². The highest BCUT2D eigenvalue weighted by atomic mass is 35.5. The first kappa shape index (κ1) is 19.5. The van der Waals surface area contributed by atoms with Crippen molar-refractivity contribution in [2.24, 2.45) is 5.10 Å². The molecule has 10 heteroatoms. The number of nitrogens with one attached hydrogen (secondary N) is 1. The van der Waals surface area contributed by atoms with E-state index in [1.165, 1.54) is 6.07 Å². The van der Waals surface area contributed by atoms with Crippen LogP contribution in [0, 0.1) is 10.1 Å². The number of rotatable bonds is 4. The highest BCUT2D eigenvalue weighted by Gasteiger charge is 2.28. The number of nitrogens with zero attached hydrogens (tertiary/aromatic N) is 2. The monoisotopic (exact) mass is 427 g/mol. The van der Waals surface area contributed by atoms with Crippen molar-refractivity contribution in [2.75, 3.05) is 6.61 Å². The summed E-state index contributed by atoms with van der Waals surface area (Å²) in [7, 11) is 0. The Balaban J connectivity index is 1.47. The van der Waals surface area contributed by atoms with Gasteiger partial charge >= 0.3 is 5.69 Å². The average Bonchev–Trinajstić information content (AvgIpc) is 2.73. The van der Waals surface area contributed by atoms with E-state index in [4.69, 9.17) is 21.1 Å². The van der Waals surface area contributed by atoms with Gasteiger partial charge in [-0.3, -0.25) is 14.9 Å². The molecule has 1 aliphatic rings. The van der Waals surface area contributed by atoms with Crippen LogP contribution in [-0.2, 0) is 4.79 Å². The summed E-state index contributed by atoms with van der Waals surface area (Å²) in [6, 6.07) is 13.6. The smallest absolute Gasteiger partial charge is 0.312 e. The molecule has 0 unspecified atom stereocenters. The molecule has 0 fully saturated rings. The Labute approximate surface area is 174 Å². The topological polar surface area (TPSA) is 123 Å². The number of phenols is 1. The maximum absolute atomic E-state index is 12.4. The maximum atomic E-state index is 12.4. The molecule has 0 radical (unpaired) electrons. The van der Waals surface area contributed by atoms with Gasteiger partial charge in [0.15, 0.2) is 11.5 Å². The van der Waals surface area contributed by atoms with E-state index in [2.05, 4.69) is 10.5 Å². The number of halogens is 1. The zero-order valence-electron chi connectivity index (χ0n) is 15.2. The molecule has 1 aliphatic heterocycles. The van der Waals surface area contributed by atoms with Crippen molar-refractivity contribution in [2.45, 2.75) is 6.10 Å². The summed E-state index contributed by atoms with van der Waals surface area (Å²) in [5.41, 5.74) is 1.68. The second kappa shape index (κ2) is 7.88. The molecule has 152 valence electrons. The number of benzene rings is 3. The van der Waals surface area contributed by atoms with Crippen LogP contribution in [0.2, 0.25) is 5.02 Å². The maximum Gasteiger partial charge on any atom is 0.312 e. The van der Waals surface area contributed by atoms with Crippen LogP contribution in [0.15, 0.2) is 53.6 Å². The second-order valence-corrected chi connectivity index (χ2v) is 6.85. The van der Waals surface area contributed by atoms with Crippen LogP contribution >= 0.6 is 11.6 Å². The second-order valence-electron chi connectivity index (χ2n) is 6.42. The van der Waals surface area contributed by atoms with Crippen molar-refractivity contribution in [1.29, 1.82) is 0 Å². The Morgan fingerprint density at radius 3 is 2.63 bits per heavy atom. The zero-order valence-corrected chi connectivity index (χ0v) is 16.0. The molecule has 0 aromatic heterocycles. The fourth-order valence-corrected chi connectivity index (χ4v) is 3.19. The highest BCUT2D eigenvalue weighted by Crippen LogP contribution is 2.36.